The van der Waals surface area contributed by atoms with Crippen LogP contribution in [0.3, 0.4) is 0 Å². The molecule has 7 heteroatoms. The van der Waals surface area contributed by atoms with Crippen LogP contribution in [0.15, 0.2) is 24.5 Å². The van der Waals surface area contributed by atoms with Crippen LogP contribution in [-0.4, -0.2) is 31.2 Å². The van der Waals surface area contributed by atoms with Gasteiger partial charge in [-0.25, -0.2) is 4.57 Å². The zero-order valence-electron chi connectivity index (χ0n) is 20.8. The molecule has 0 saturated heterocycles. The normalized spacial score (nSPS) is 11.6. The lowest BCUT2D eigenvalue weighted by atomic mass is 10.0. The second-order valence-electron chi connectivity index (χ2n) is 9.17. The molecule has 0 fully saturated rings. The summed E-state index contributed by atoms with van der Waals surface area (Å²) in [4.78, 5) is 12.2. The summed E-state index contributed by atoms with van der Waals surface area (Å²) in [5.74, 6) is -0.268. The smallest absolute Gasteiger partial charge is 0.264 e. The predicted octanol–water partition coefficient (Wildman–Crippen LogP) is 5.85. The molecule has 1 amide bonds. The lowest BCUT2D eigenvalue weighted by molar-refractivity contribution is -0.697. The number of aryl methyl sites for hydroxylation is 1. The van der Waals surface area contributed by atoms with Crippen molar-refractivity contribution in [2.24, 2.45) is 0 Å². The number of hydrogen-bond acceptors (Lipinski definition) is 3. The molecule has 1 aromatic heterocycles. The first kappa shape index (κ1) is 29.6. The van der Waals surface area contributed by atoms with Crippen LogP contribution in [0.1, 0.15) is 120 Å². The van der Waals surface area contributed by atoms with E-state index in [1.807, 2.05) is 17.0 Å². The molecule has 0 aliphatic heterocycles. The summed E-state index contributed by atoms with van der Waals surface area (Å²) in [6, 6.07) is 3.56. The maximum atomic E-state index is 12.2. The average molecular weight is 484 g/mol. The van der Waals surface area contributed by atoms with Crippen LogP contribution in [0.25, 0.3) is 0 Å². The summed E-state index contributed by atoms with van der Waals surface area (Å²) in [5, 5.41) is 2.99. The van der Waals surface area contributed by atoms with E-state index in [1.165, 1.54) is 77.0 Å². The van der Waals surface area contributed by atoms with E-state index < -0.39 is 10.1 Å². The molecule has 0 spiro atoms. The fourth-order valence-electron chi connectivity index (χ4n) is 3.96. The van der Waals surface area contributed by atoms with Gasteiger partial charge in [0.2, 0.25) is 0 Å². The first-order valence-electron chi connectivity index (χ1n) is 13.1. The Bertz CT molecular complexity index is 720. The lowest BCUT2D eigenvalue weighted by Crippen LogP contribution is -2.34. The first-order chi connectivity index (χ1) is 15.9. The number of amides is 1. The fourth-order valence-corrected chi connectivity index (χ4v) is 4.53. The summed E-state index contributed by atoms with van der Waals surface area (Å²) in [5.41, 5.74) is 0.634. The van der Waals surface area contributed by atoms with Crippen molar-refractivity contribution in [3.8, 4) is 0 Å². The molecule has 0 radical (unpaired) electrons. The molecule has 1 rings (SSSR count). The van der Waals surface area contributed by atoms with E-state index in [0.717, 1.165) is 12.8 Å². The Morgan fingerprint density at radius 3 is 1.76 bits per heavy atom. The second-order valence-corrected chi connectivity index (χ2v) is 10.7. The van der Waals surface area contributed by atoms with Crippen molar-refractivity contribution in [2.45, 2.75) is 116 Å². The van der Waals surface area contributed by atoms with E-state index >= 15 is 0 Å². The predicted molar refractivity (Wildman–Crippen MR) is 135 cm³/mol. The SMILES string of the molecule is CCCCCCCCCCCCCCCCNC(=O)c1cc[n+](CCCCS(=O)(=O)O)cc1. The van der Waals surface area contributed by atoms with Crippen molar-refractivity contribution in [3.05, 3.63) is 30.1 Å². The highest BCUT2D eigenvalue weighted by Crippen LogP contribution is 2.12. The van der Waals surface area contributed by atoms with Gasteiger partial charge in [0.25, 0.3) is 16.0 Å². The van der Waals surface area contributed by atoms with Crippen LogP contribution in [0.4, 0.5) is 0 Å². The summed E-state index contributed by atoms with van der Waals surface area (Å²) in [6.45, 7) is 3.62. The first-order valence-corrected chi connectivity index (χ1v) is 14.8. The van der Waals surface area contributed by atoms with E-state index in [4.69, 9.17) is 4.55 Å². The number of carbonyl (C=O) groups is 1. The van der Waals surface area contributed by atoms with Crippen molar-refractivity contribution < 1.29 is 22.3 Å². The van der Waals surface area contributed by atoms with Gasteiger partial charge in [-0.15, -0.1) is 0 Å². The van der Waals surface area contributed by atoms with Crippen molar-refractivity contribution >= 4 is 16.0 Å². The Balaban J connectivity index is 1.97. The number of nitrogens with zero attached hydrogens (tertiary/aromatic N) is 1. The minimum atomic E-state index is -3.88. The zero-order chi connectivity index (χ0) is 24.2. The maximum Gasteiger partial charge on any atom is 0.264 e. The van der Waals surface area contributed by atoms with E-state index in [1.54, 1.807) is 12.1 Å². The molecule has 1 aromatic rings. The van der Waals surface area contributed by atoms with Gasteiger partial charge in [0.1, 0.15) is 6.54 Å². The highest BCUT2D eigenvalue weighted by atomic mass is 32.2. The molecule has 0 aromatic carbocycles. The van der Waals surface area contributed by atoms with Gasteiger partial charge in [0.05, 0.1) is 11.3 Å². The number of nitrogens with one attached hydrogen (secondary N) is 1. The van der Waals surface area contributed by atoms with Gasteiger partial charge in [0, 0.05) is 25.1 Å². The zero-order valence-corrected chi connectivity index (χ0v) is 21.6. The van der Waals surface area contributed by atoms with Crippen LogP contribution < -0.4 is 9.88 Å². The summed E-state index contributed by atoms with van der Waals surface area (Å²) in [7, 11) is -3.88. The van der Waals surface area contributed by atoms with E-state index in [-0.39, 0.29) is 11.7 Å². The quantitative estimate of drug-likeness (QED) is 0.130. The second kappa shape index (κ2) is 18.9. The highest BCUT2D eigenvalue weighted by molar-refractivity contribution is 7.85. The lowest BCUT2D eigenvalue weighted by Gasteiger charge is -2.06. The van der Waals surface area contributed by atoms with E-state index in [9.17, 15) is 13.2 Å². The molecule has 0 atom stereocenters. The molecule has 0 unspecified atom stereocenters. The van der Waals surface area contributed by atoms with Crippen LogP contribution in [0, 0.1) is 0 Å². The summed E-state index contributed by atoms with van der Waals surface area (Å²) in [6.07, 6.45) is 23.3. The third-order valence-electron chi connectivity index (χ3n) is 6.04. The largest absolute Gasteiger partial charge is 0.352 e. The molecule has 0 saturated carbocycles. The molecule has 6 nitrogen and oxygen atoms in total. The molecular formula is C26H47N2O4S+. The van der Waals surface area contributed by atoms with Crippen LogP contribution >= 0.6 is 0 Å². The number of aromatic nitrogens is 1. The summed E-state index contributed by atoms with van der Waals surface area (Å²) < 4.78 is 32.1. The maximum absolute atomic E-state index is 12.2. The third kappa shape index (κ3) is 17.6. The van der Waals surface area contributed by atoms with Gasteiger partial charge in [-0.2, -0.15) is 8.42 Å². The minimum Gasteiger partial charge on any atom is -0.352 e. The Hall–Kier alpha value is -1.47. The summed E-state index contributed by atoms with van der Waals surface area (Å²) >= 11 is 0. The van der Waals surface area contributed by atoms with Gasteiger partial charge in [-0.05, 0) is 12.8 Å². The Labute approximate surface area is 202 Å². The average Bonchev–Trinajstić information content (AvgIpc) is 2.79. The van der Waals surface area contributed by atoms with Crippen LogP contribution in [0.2, 0.25) is 0 Å². The molecule has 1 heterocycles. The Morgan fingerprint density at radius 1 is 0.788 bits per heavy atom. The van der Waals surface area contributed by atoms with Crippen LogP contribution in [-0.2, 0) is 16.7 Å². The number of pyridine rings is 1. The van der Waals surface area contributed by atoms with Crippen molar-refractivity contribution in [2.75, 3.05) is 12.3 Å². The van der Waals surface area contributed by atoms with Gasteiger partial charge >= 0.3 is 0 Å². The van der Waals surface area contributed by atoms with Crippen molar-refractivity contribution in [3.63, 3.8) is 0 Å². The van der Waals surface area contributed by atoms with Crippen LogP contribution in [0.5, 0.6) is 0 Å². The Morgan fingerprint density at radius 2 is 1.27 bits per heavy atom. The van der Waals surface area contributed by atoms with E-state index in [0.29, 0.717) is 31.5 Å². The molecule has 0 aliphatic carbocycles. The fraction of sp³-hybridized carbons (Fsp3) is 0.769. The Kier molecular flexibility index (Phi) is 16.9. The monoisotopic (exact) mass is 483 g/mol. The number of carbonyl (C=O) groups excluding carboxylic acids is 1. The molecule has 190 valence electrons. The van der Waals surface area contributed by atoms with Crippen molar-refractivity contribution in [1.82, 2.24) is 5.32 Å². The van der Waals surface area contributed by atoms with Gasteiger partial charge in [-0.3, -0.25) is 9.35 Å². The highest BCUT2D eigenvalue weighted by Gasteiger charge is 2.09. The number of unbranched alkanes of at least 4 members (excludes halogenated alkanes) is 14. The minimum absolute atomic E-state index is 0.0526. The van der Waals surface area contributed by atoms with Gasteiger partial charge in [-0.1, -0.05) is 90.4 Å². The van der Waals surface area contributed by atoms with Gasteiger partial charge in [0.15, 0.2) is 12.4 Å². The number of rotatable bonds is 21. The molecule has 33 heavy (non-hydrogen) atoms. The molecule has 0 aliphatic rings. The molecular weight excluding hydrogens is 436 g/mol. The number of hydrogen-bond donors (Lipinski definition) is 2. The standard InChI is InChI=1S/C26H46N2O4S/c1-2-3-4-5-6-7-8-9-10-11-12-13-14-15-20-27-26(29)25-18-22-28(23-19-25)21-16-17-24-33(30,31)32/h18-19,22-23H,2-17,20-21,24H2,1H3,(H-,27,29,30,31,32)/p+1. The topological polar surface area (TPSA) is 87.4 Å². The molecule has 2 N–H and O–H groups in total. The van der Waals surface area contributed by atoms with Gasteiger partial charge < -0.3 is 5.32 Å². The third-order valence-corrected chi connectivity index (χ3v) is 6.84. The van der Waals surface area contributed by atoms with E-state index in [2.05, 4.69) is 12.2 Å². The van der Waals surface area contributed by atoms with Crippen molar-refractivity contribution in [1.29, 1.82) is 0 Å². The molecule has 0 bridgehead atoms.